The summed E-state index contributed by atoms with van der Waals surface area (Å²) in [5.41, 5.74) is 4.66. The van der Waals surface area contributed by atoms with Crippen molar-refractivity contribution in [1.82, 2.24) is 5.43 Å². The highest BCUT2D eigenvalue weighted by Crippen LogP contribution is 2.20. The highest BCUT2D eigenvalue weighted by molar-refractivity contribution is 8.00. The third kappa shape index (κ3) is 5.76. The summed E-state index contributed by atoms with van der Waals surface area (Å²) in [6.45, 7) is 3.36. The van der Waals surface area contributed by atoms with Crippen LogP contribution in [-0.4, -0.2) is 44.2 Å². The number of amides is 1. The van der Waals surface area contributed by atoms with Crippen LogP contribution in [0.15, 0.2) is 58.5 Å². The Morgan fingerprint density at radius 2 is 1.85 bits per heavy atom. The molecule has 0 unspecified atom stereocenters. The fourth-order valence-electron chi connectivity index (χ4n) is 2.48. The van der Waals surface area contributed by atoms with Gasteiger partial charge in [0.25, 0.3) is 0 Å². The van der Waals surface area contributed by atoms with Crippen molar-refractivity contribution in [2.45, 2.75) is 4.90 Å². The summed E-state index contributed by atoms with van der Waals surface area (Å²) >= 11 is 7.28. The number of nitrogens with one attached hydrogen (secondary N) is 1. The van der Waals surface area contributed by atoms with Gasteiger partial charge >= 0.3 is 0 Å². The van der Waals surface area contributed by atoms with E-state index in [0.29, 0.717) is 10.8 Å². The zero-order valence-corrected chi connectivity index (χ0v) is 15.8. The molecule has 7 heteroatoms. The Morgan fingerprint density at radius 1 is 1.15 bits per heavy atom. The van der Waals surface area contributed by atoms with Gasteiger partial charge in [-0.1, -0.05) is 23.7 Å². The number of hydrazone groups is 1. The summed E-state index contributed by atoms with van der Waals surface area (Å²) in [5, 5.41) is 4.70. The molecule has 136 valence electrons. The number of carbonyl (C=O) groups excluding carboxylic acids is 1. The van der Waals surface area contributed by atoms with Crippen LogP contribution in [0.3, 0.4) is 0 Å². The van der Waals surface area contributed by atoms with E-state index in [2.05, 4.69) is 27.6 Å². The molecule has 0 bridgehead atoms. The maximum atomic E-state index is 11.8. The van der Waals surface area contributed by atoms with Crippen molar-refractivity contribution in [1.29, 1.82) is 0 Å². The summed E-state index contributed by atoms with van der Waals surface area (Å²) in [5.74, 6) is 0.153. The average Bonchev–Trinajstić information content (AvgIpc) is 2.69. The number of ether oxygens (including phenoxy) is 1. The lowest BCUT2D eigenvalue weighted by molar-refractivity contribution is -0.118. The molecule has 1 fully saturated rings. The Labute approximate surface area is 162 Å². The molecule has 0 aliphatic carbocycles. The van der Waals surface area contributed by atoms with E-state index in [-0.39, 0.29) is 5.91 Å². The first-order chi connectivity index (χ1) is 12.7. The van der Waals surface area contributed by atoms with Crippen LogP contribution < -0.4 is 10.3 Å². The van der Waals surface area contributed by atoms with E-state index in [0.717, 1.165) is 36.8 Å². The maximum Gasteiger partial charge on any atom is 0.250 e. The monoisotopic (exact) mass is 389 g/mol. The van der Waals surface area contributed by atoms with Gasteiger partial charge in [-0.25, -0.2) is 5.43 Å². The van der Waals surface area contributed by atoms with E-state index in [1.54, 1.807) is 18.3 Å². The molecule has 5 nitrogen and oxygen atoms in total. The predicted octanol–water partition coefficient (Wildman–Crippen LogP) is 3.42. The lowest BCUT2D eigenvalue weighted by atomic mass is 10.2. The molecule has 0 spiro atoms. The molecular weight excluding hydrogens is 370 g/mol. The summed E-state index contributed by atoms with van der Waals surface area (Å²) in [6, 6.07) is 15.5. The van der Waals surface area contributed by atoms with Crippen LogP contribution in [0.2, 0.25) is 5.02 Å². The molecule has 0 atom stereocenters. The number of thioether (sulfide) groups is 1. The minimum Gasteiger partial charge on any atom is -0.378 e. The third-order valence-electron chi connectivity index (χ3n) is 3.86. The lowest BCUT2D eigenvalue weighted by Gasteiger charge is -2.28. The molecule has 2 aromatic rings. The number of benzene rings is 2. The Hall–Kier alpha value is -2.02. The molecule has 1 N–H and O–H groups in total. The normalized spacial score (nSPS) is 14.6. The van der Waals surface area contributed by atoms with E-state index in [1.807, 2.05) is 24.3 Å². The van der Waals surface area contributed by atoms with Crippen LogP contribution in [-0.2, 0) is 9.53 Å². The van der Waals surface area contributed by atoms with Crippen LogP contribution in [0.25, 0.3) is 0 Å². The molecule has 1 heterocycles. The maximum absolute atomic E-state index is 11.8. The largest absolute Gasteiger partial charge is 0.378 e. The highest BCUT2D eigenvalue weighted by atomic mass is 35.5. The molecule has 3 rings (SSSR count). The number of rotatable bonds is 6. The van der Waals surface area contributed by atoms with Crippen molar-refractivity contribution < 1.29 is 9.53 Å². The Kier molecular flexibility index (Phi) is 6.94. The van der Waals surface area contributed by atoms with Gasteiger partial charge in [-0.3, -0.25) is 4.79 Å². The molecule has 1 aliphatic rings. The van der Waals surface area contributed by atoms with E-state index in [1.165, 1.54) is 17.4 Å². The zero-order valence-electron chi connectivity index (χ0n) is 14.2. The quantitative estimate of drug-likeness (QED) is 0.467. The second-order valence-corrected chi connectivity index (χ2v) is 7.21. The molecule has 1 amide bonds. The highest BCUT2D eigenvalue weighted by Gasteiger charge is 2.10. The number of halogens is 1. The SMILES string of the molecule is O=C(CSc1ccc(Cl)cc1)N/N=C\c1ccc(N2CCOCC2)cc1. The molecule has 0 aromatic heterocycles. The average molecular weight is 390 g/mol. The van der Waals surface area contributed by atoms with E-state index in [9.17, 15) is 4.79 Å². The van der Waals surface area contributed by atoms with E-state index >= 15 is 0 Å². The Balaban J connectivity index is 1.44. The van der Waals surface area contributed by atoms with E-state index < -0.39 is 0 Å². The predicted molar refractivity (Wildman–Crippen MR) is 107 cm³/mol. The molecule has 1 saturated heterocycles. The van der Waals surface area contributed by atoms with Gasteiger partial charge in [0.15, 0.2) is 0 Å². The second-order valence-electron chi connectivity index (χ2n) is 5.73. The number of nitrogens with zero attached hydrogens (tertiary/aromatic N) is 2. The van der Waals surface area contributed by atoms with Crippen molar-refractivity contribution in [3.8, 4) is 0 Å². The number of hydrogen-bond donors (Lipinski definition) is 1. The number of hydrogen-bond acceptors (Lipinski definition) is 5. The van der Waals surface area contributed by atoms with Gasteiger partial charge in [-0.15, -0.1) is 11.8 Å². The smallest absolute Gasteiger partial charge is 0.250 e. The van der Waals surface area contributed by atoms with Crippen molar-refractivity contribution in [2.24, 2.45) is 5.10 Å². The van der Waals surface area contributed by atoms with Gasteiger partial charge in [0.05, 0.1) is 25.2 Å². The topological polar surface area (TPSA) is 53.9 Å². The number of anilines is 1. The third-order valence-corrected chi connectivity index (χ3v) is 5.12. The van der Waals surface area contributed by atoms with Crippen LogP contribution >= 0.6 is 23.4 Å². The van der Waals surface area contributed by atoms with Crippen molar-refractivity contribution in [2.75, 3.05) is 37.0 Å². The van der Waals surface area contributed by atoms with Crippen molar-refractivity contribution >= 4 is 41.2 Å². The van der Waals surface area contributed by atoms with Crippen LogP contribution in [0.4, 0.5) is 5.69 Å². The van der Waals surface area contributed by atoms with Crippen molar-refractivity contribution in [3.05, 3.63) is 59.1 Å². The van der Waals surface area contributed by atoms with Gasteiger partial charge in [0, 0.05) is 28.7 Å². The first-order valence-corrected chi connectivity index (χ1v) is 9.70. The first-order valence-electron chi connectivity index (χ1n) is 8.34. The molecule has 2 aromatic carbocycles. The number of carbonyl (C=O) groups is 1. The first kappa shape index (κ1) is 18.8. The van der Waals surface area contributed by atoms with Crippen LogP contribution in [0, 0.1) is 0 Å². The van der Waals surface area contributed by atoms with Crippen molar-refractivity contribution in [3.63, 3.8) is 0 Å². The second kappa shape index (κ2) is 9.62. The Morgan fingerprint density at radius 3 is 2.54 bits per heavy atom. The minimum atomic E-state index is -0.147. The van der Waals surface area contributed by atoms with Gasteiger partial charge in [0.1, 0.15) is 0 Å². The molecule has 26 heavy (non-hydrogen) atoms. The van der Waals surface area contributed by atoms with E-state index in [4.69, 9.17) is 16.3 Å². The van der Waals surface area contributed by atoms with Gasteiger partial charge < -0.3 is 9.64 Å². The molecule has 0 radical (unpaired) electrons. The summed E-state index contributed by atoms with van der Waals surface area (Å²) in [6.07, 6.45) is 1.65. The van der Waals surface area contributed by atoms with Crippen LogP contribution in [0.5, 0.6) is 0 Å². The van der Waals surface area contributed by atoms with Gasteiger partial charge in [-0.05, 0) is 42.0 Å². The fraction of sp³-hybridized carbons (Fsp3) is 0.263. The standard InChI is InChI=1S/C19H20ClN3O2S/c20-16-3-7-18(8-4-16)26-14-19(24)22-21-13-15-1-5-17(6-2-15)23-9-11-25-12-10-23/h1-8,13H,9-12,14H2,(H,22,24)/b21-13-. The van der Waals surface area contributed by atoms with Crippen LogP contribution in [0.1, 0.15) is 5.56 Å². The Bertz CT molecular complexity index is 744. The molecule has 0 saturated carbocycles. The fourth-order valence-corrected chi connectivity index (χ4v) is 3.30. The van der Waals surface area contributed by atoms with Gasteiger partial charge in [0.2, 0.25) is 5.91 Å². The summed E-state index contributed by atoms with van der Waals surface area (Å²) < 4.78 is 5.36. The minimum absolute atomic E-state index is 0.147. The number of morpholine rings is 1. The molecular formula is C19H20ClN3O2S. The summed E-state index contributed by atoms with van der Waals surface area (Å²) in [7, 11) is 0. The summed E-state index contributed by atoms with van der Waals surface area (Å²) in [4.78, 5) is 15.1. The molecule has 1 aliphatic heterocycles. The zero-order chi connectivity index (χ0) is 18.2. The lowest BCUT2D eigenvalue weighted by Crippen LogP contribution is -2.36. The van der Waals surface area contributed by atoms with Gasteiger partial charge in [-0.2, -0.15) is 5.10 Å².